The third-order valence-corrected chi connectivity index (χ3v) is 3.67. The molecular formula is C11H13N3O2S. The molecule has 0 saturated heterocycles. The highest BCUT2D eigenvalue weighted by atomic mass is 32.2. The molecule has 0 aliphatic carbocycles. The van der Waals surface area contributed by atoms with Gasteiger partial charge in [0, 0.05) is 13.1 Å². The van der Waals surface area contributed by atoms with E-state index in [-0.39, 0.29) is 4.90 Å². The molecule has 1 aromatic heterocycles. The van der Waals surface area contributed by atoms with Crippen molar-refractivity contribution in [3.05, 3.63) is 42.1 Å². The Kier molecular flexibility index (Phi) is 2.89. The standard InChI is InChI=1S/C11H13N3O2S/c1-9-8-11(14(2)12-9)13-17(15,16)10-6-4-3-5-7-10/h3-8,13H,1-2H3. The molecule has 1 aromatic carbocycles. The number of nitrogens with one attached hydrogen (secondary N) is 1. The Morgan fingerprint density at radius 2 is 1.88 bits per heavy atom. The van der Waals surface area contributed by atoms with Gasteiger partial charge in [0.1, 0.15) is 5.82 Å². The smallest absolute Gasteiger partial charge is 0.263 e. The van der Waals surface area contributed by atoms with Crippen LogP contribution in [-0.4, -0.2) is 18.2 Å². The predicted molar refractivity (Wildman–Crippen MR) is 65.2 cm³/mol. The fraction of sp³-hybridized carbons (Fsp3) is 0.182. The van der Waals surface area contributed by atoms with Crippen molar-refractivity contribution < 1.29 is 8.42 Å². The van der Waals surface area contributed by atoms with Crippen molar-refractivity contribution in [1.82, 2.24) is 9.78 Å². The van der Waals surface area contributed by atoms with Crippen molar-refractivity contribution in [2.45, 2.75) is 11.8 Å². The van der Waals surface area contributed by atoms with Gasteiger partial charge in [-0.3, -0.25) is 9.40 Å². The Morgan fingerprint density at radius 1 is 1.24 bits per heavy atom. The molecule has 2 rings (SSSR count). The van der Waals surface area contributed by atoms with E-state index in [0.717, 1.165) is 5.69 Å². The lowest BCUT2D eigenvalue weighted by Gasteiger charge is -2.07. The first-order valence-corrected chi connectivity index (χ1v) is 6.56. The maximum Gasteiger partial charge on any atom is 0.263 e. The molecule has 0 aliphatic heterocycles. The summed E-state index contributed by atoms with van der Waals surface area (Å²) in [5, 5.41) is 4.08. The van der Waals surface area contributed by atoms with Gasteiger partial charge in [-0.2, -0.15) is 5.10 Å². The summed E-state index contributed by atoms with van der Waals surface area (Å²) in [6.45, 7) is 1.81. The highest BCUT2D eigenvalue weighted by Crippen LogP contribution is 2.15. The van der Waals surface area contributed by atoms with Gasteiger partial charge in [0.15, 0.2) is 0 Å². The van der Waals surface area contributed by atoms with Crippen LogP contribution < -0.4 is 4.72 Å². The molecular weight excluding hydrogens is 238 g/mol. The summed E-state index contributed by atoms with van der Waals surface area (Å²) in [6, 6.07) is 9.91. The van der Waals surface area contributed by atoms with Crippen molar-refractivity contribution >= 4 is 15.8 Å². The molecule has 5 nitrogen and oxygen atoms in total. The Labute approximate surface area is 100 Å². The van der Waals surface area contributed by atoms with Gasteiger partial charge < -0.3 is 0 Å². The van der Waals surface area contributed by atoms with E-state index in [9.17, 15) is 8.42 Å². The Hall–Kier alpha value is -1.82. The van der Waals surface area contributed by atoms with E-state index in [1.165, 1.54) is 4.68 Å². The number of benzene rings is 1. The lowest BCUT2D eigenvalue weighted by molar-refractivity contribution is 0.600. The molecule has 0 atom stereocenters. The second-order valence-corrected chi connectivity index (χ2v) is 5.40. The summed E-state index contributed by atoms with van der Waals surface area (Å²) in [7, 11) is -1.84. The van der Waals surface area contributed by atoms with Crippen LogP contribution in [0.2, 0.25) is 0 Å². The monoisotopic (exact) mass is 251 g/mol. The van der Waals surface area contributed by atoms with Crippen molar-refractivity contribution in [1.29, 1.82) is 0 Å². The summed E-state index contributed by atoms with van der Waals surface area (Å²) in [5.74, 6) is 0.450. The zero-order valence-electron chi connectivity index (χ0n) is 9.58. The Bertz CT molecular complexity index is 617. The van der Waals surface area contributed by atoms with Gasteiger partial charge in [-0.25, -0.2) is 8.42 Å². The summed E-state index contributed by atoms with van der Waals surface area (Å²) in [5.41, 5.74) is 0.762. The number of aromatic nitrogens is 2. The SMILES string of the molecule is Cc1cc(NS(=O)(=O)c2ccccc2)n(C)n1. The number of aryl methyl sites for hydroxylation is 2. The largest absolute Gasteiger partial charge is 0.264 e. The second kappa shape index (κ2) is 4.21. The predicted octanol–water partition coefficient (Wildman–Crippen LogP) is 1.53. The molecule has 0 radical (unpaired) electrons. The van der Waals surface area contributed by atoms with Crippen molar-refractivity contribution in [3.8, 4) is 0 Å². The normalized spacial score (nSPS) is 11.4. The van der Waals surface area contributed by atoms with Crippen molar-refractivity contribution in [2.75, 3.05) is 4.72 Å². The number of rotatable bonds is 3. The molecule has 0 aliphatic rings. The number of anilines is 1. The van der Waals surface area contributed by atoms with E-state index in [0.29, 0.717) is 5.82 Å². The zero-order valence-corrected chi connectivity index (χ0v) is 10.4. The third kappa shape index (κ3) is 2.47. The minimum absolute atomic E-state index is 0.235. The van der Waals surface area contributed by atoms with Crippen LogP contribution in [0.25, 0.3) is 0 Å². The topological polar surface area (TPSA) is 64.0 Å². The van der Waals surface area contributed by atoms with Crippen LogP contribution in [0.5, 0.6) is 0 Å². The van der Waals surface area contributed by atoms with Gasteiger partial charge >= 0.3 is 0 Å². The van der Waals surface area contributed by atoms with Crippen LogP contribution in [0.1, 0.15) is 5.69 Å². The average Bonchev–Trinajstić information content (AvgIpc) is 2.58. The second-order valence-electron chi connectivity index (χ2n) is 3.71. The number of nitrogens with zero attached hydrogens (tertiary/aromatic N) is 2. The molecule has 0 amide bonds. The number of hydrogen-bond donors (Lipinski definition) is 1. The lowest BCUT2D eigenvalue weighted by Crippen LogP contribution is -2.15. The Balaban J connectivity index is 2.33. The van der Waals surface area contributed by atoms with E-state index in [1.54, 1.807) is 50.4 Å². The Morgan fingerprint density at radius 3 is 2.41 bits per heavy atom. The average molecular weight is 251 g/mol. The van der Waals surface area contributed by atoms with Gasteiger partial charge in [0.25, 0.3) is 10.0 Å². The molecule has 0 spiro atoms. The molecule has 0 saturated carbocycles. The molecule has 1 heterocycles. The molecule has 6 heteroatoms. The number of sulfonamides is 1. The van der Waals surface area contributed by atoms with E-state index in [4.69, 9.17) is 0 Å². The van der Waals surface area contributed by atoms with Crippen LogP contribution in [-0.2, 0) is 17.1 Å². The zero-order chi connectivity index (χ0) is 12.5. The highest BCUT2D eigenvalue weighted by Gasteiger charge is 2.15. The van der Waals surface area contributed by atoms with Crippen LogP contribution in [0.15, 0.2) is 41.3 Å². The van der Waals surface area contributed by atoms with Gasteiger partial charge in [-0.15, -0.1) is 0 Å². The van der Waals surface area contributed by atoms with E-state index < -0.39 is 10.0 Å². The molecule has 0 fully saturated rings. The first kappa shape index (κ1) is 11.7. The van der Waals surface area contributed by atoms with E-state index in [2.05, 4.69) is 9.82 Å². The van der Waals surface area contributed by atoms with Crippen LogP contribution in [0.3, 0.4) is 0 Å². The summed E-state index contributed by atoms with van der Waals surface area (Å²) < 4.78 is 28.0. The molecule has 17 heavy (non-hydrogen) atoms. The first-order valence-electron chi connectivity index (χ1n) is 5.07. The van der Waals surface area contributed by atoms with Gasteiger partial charge in [0.2, 0.25) is 0 Å². The summed E-state index contributed by atoms with van der Waals surface area (Å²) >= 11 is 0. The van der Waals surface area contributed by atoms with Crippen LogP contribution in [0, 0.1) is 6.92 Å². The maximum atomic E-state index is 12.0. The van der Waals surface area contributed by atoms with Gasteiger partial charge in [-0.1, -0.05) is 18.2 Å². The minimum Gasteiger partial charge on any atom is -0.264 e. The molecule has 0 bridgehead atoms. The van der Waals surface area contributed by atoms with Crippen LogP contribution in [0.4, 0.5) is 5.82 Å². The highest BCUT2D eigenvalue weighted by molar-refractivity contribution is 7.92. The van der Waals surface area contributed by atoms with Crippen molar-refractivity contribution in [2.24, 2.45) is 7.05 Å². The summed E-state index contributed by atoms with van der Waals surface area (Å²) in [6.07, 6.45) is 0. The number of hydrogen-bond acceptors (Lipinski definition) is 3. The third-order valence-electron chi connectivity index (χ3n) is 2.29. The minimum atomic E-state index is -3.53. The lowest BCUT2D eigenvalue weighted by atomic mass is 10.4. The summed E-state index contributed by atoms with van der Waals surface area (Å²) in [4.78, 5) is 0.235. The van der Waals surface area contributed by atoms with Gasteiger partial charge in [0.05, 0.1) is 10.6 Å². The van der Waals surface area contributed by atoms with E-state index >= 15 is 0 Å². The van der Waals surface area contributed by atoms with E-state index in [1.807, 2.05) is 0 Å². The van der Waals surface area contributed by atoms with Crippen LogP contribution >= 0.6 is 0 Å². The molecule has 90 valence electrons. The maximum absolute atomic E-state index is 12.0. The molecule has 0 unspecified atom stereocenters. The van der Waals surface area contributed by atoms with Crippen molar-refractivity contribution in [3.63, 3.8) is 0 Å². The fourth-order valence-electron chi connectivity index (χ4n) is 1.50. The van der Waals surface area contributed by atoms with Gasteiger partial charge in [-0.05, 0) is 19.1 Å². The fourth-order valence-corrected chi connectivity index (χ4v) is 2.60. The first-order chi connectivity index (χ1) is 7.99. The quantitative estimate of drug-likeness (QED) is 0.899. The molecule has 2 aromatic rings. The molecule has 1 N–H and O–H groups in total.